The van der Waals surface area contributed by atoms with E-state index < -0.39 is 4.92 Å². The van der Waals surface area contributed by atoms with Crippen molar-refractivity contribution < 1.29 is 4.92 Å². The van der Waals surface area contributed by atoms with Crippen LogP contribution in [-0.4, -0.2) is 21.9 Å². The Morgan fingerprint density at radius 3 is 2.85 bits per heavy atom. The van der Waals surface area contributed by atoms with Crippen molar-refractivity contribution in [3.8, 4) is 0 Å². The van der Waals surface area contributed by atoms with Crippen LogP contribution in [0.15, 0.2) is 35.6 Å². The minimum absolute atomic E-state index is 0.0769. The molecule has 7 heteroatoms. The van der Waals surface area contributed by atoms with E-state index in [2.05, 4.69) is 15.3 Å². The van der Waals surface area contributed by atoms with Gasteiger partial charge < -0.3 is 5.32 Å². The highest BCUT2D eigenvalue weighted by Gasteiger charge is 2.13. The lowest BCUT2D eigenvalue weighted by Gasteiger charge is -2.05. The average molecular weight is 290 g/mol. The van der Waals surface area contributed by atoms with Gasteiger partial charge in [-0.1, -0.05) is 17.8 Å². The van der Waals surface area contributed by atoms with Gasteiger partial charge in [-0.05, 0) is 24.6 Å². The normalized spacial score (nSPS) is 10.3. The molecule has 1 N–H and O–H groups in total. The van der Waals surface area contributed by atoms with Crippen LogP contribution in [0.1, 0.15) is 11.3 Å². The molecule has 1 aromatic heterocycles. The average Bonchev–Trinajstić information content (AvgIpc) is 2.44. The van der Waals surface area contributed by atoms with Crippen molar-refractivity contribution in [1.29, 1.82) is 0 Å². The van der Waals surface area contributed by atoms with Gasteiger partial charge >= 0.3 is 0 Å². The van der Waals surface area contributed by atoms with Crippen LogP contribution in [0.2, 0.25) is 0 Å². The van der Waals surface area contributed by atoms with Gasteiger partial charge in [-0.25, -0.2) is 9.97 Å². The molecule has 104 valence electrons. The Morgan fingerprint density at radius 1 is 1.40 bits per heavy atom. The molecule has 0 saturated heterocycles. The number of nitrogens with one attached hydrogen (secondary N) is 1. The first-order chi connectivity index (χ1) is 9.60. The van der Waals surface area contributed by atoms with Gasteiger partial charge in [-0.3, -0.25) is 10.1 Å². The number of aryl methyl sites for hydroxylation is 1. The fourth-order valence-electron chi connectivity index (χ4n) is 1.68. The smallest absolute Gasteiger partial charge is 0.292 e. The molecule has 0 radical (unpaired) electrons. The molecule has 0 bridgehead atoms. The standard InChI is InChI=1S/C13H14N4O2S/c1-9-5-6-15-13(16-9)20-8-10-3-4-12(17(18)19)11(7-10)14-2/h3-7,14H,8H2,1-2H3. The van der Waals surface area contributed by atoms with E-state index in [4.69, 9.17) is 0 Å². The minimum atomic E-state index is -0.396. The molecule has 0 aliphatic carbocycles. The van der Waals surface area contributed by atoms with Crippen LogP contribution >= 0.6 is 11.8 Å². The van der Waals surface area contributed by atoms with E-state index >= 15 is 0 Å². The van der Waals surface area contributed by atoms with Gasteiger partial charge in [0.2, 0.25) is 0 Å². The zero-order valence-electron chi connectivity index (χ0n) is 11.2. The zero-order valence-corrected chi connectivity index (χ0v) is 12.0. The molecule has 6 nitrogen and oxygen atoms in total. The van der Waals surface area contributed by atoms with Crippen molar-refractivity contribution in [3.63, 3.8) is 0 Å². The third-order valence-electron chi connectivity index (χ3n) is 2.67. The van der Waals surface area contributed by atoms with E-state index in [1.807, 2.05) is 13.0 Å². The summed E-state index contributed by atoms with van der Waals surface area (Å²) in [5.74, 6) is 0.663. The molecule has 0 aliphatic heterocycles. The fraction of sp³-hybridized carbons (Fsp3) is 0.231. The number of hydrogen-bond acceptors (Lipinski definition) is 6. The second kappa shape index (κ2) is 6.33. The van der Waals surface area contributed by atoms with Crippen LogP contribution in [0, 0.1) is 17.0 Å². The summed E-state index contributed by atoms with van der Waals surface area (Å²) in [6, 6.07) is 6.89. The highest BCUT2D eigenvalue weighted by Crippen LogP contribution is 2.27. The van der Waals surface area contributed by atoms with E-state index in [1.165, 1.54) is 17.8 Å². The highest BCUT2D eigenvalue weighted by molar-refractivity contribution is 7.98. The molecule has 0 amide bonds. The van der Waals surface area contributed by atoms with Crippen molar-refractivity contribution in [2.45, 2.75) is 17.8 Å². The number of aromatic nitrogens is 2. The van der Waals surface area contributed by atoms with E-state index in [-0.39, 0.29) is 5.69 Å². The van der Waals surface area contributed by atoms with Gasteiger partial charge in [0, 0.05) is 30.8 Å². The molecule has 0 atom stereocenters. The van der Waals surface area contributed by atoms with Gasteiger partial charge in [0.25, 0.3) is 5.69 Å². The lowest BCUT2D eigenvalue weighted by molar-refractivity contribution is -0.383. The van der Waals surface area contributed by atoms with Gasteiger partial charge in [-0.2, -0.15) is 0 Å². The first kappa shape index (κ1) is 14.3. The van der Waals surface area contributed by atoms with E-state index in [0.29, 0.717) is 16.6 Å². The second-order valence-corrected chi connectivity index (χ2v) is 5.07. The maximum absolute atomic E-state index is 10.8. The Morgan fingerprint density at radius 2 is 2.20 bits per heavy atom. The molecule has 1 aromatic carbocycles. The minimum Gasteiger partial charge on any atom is -0.383 e. The quantitative estimate of drug-likeness (QED) is 0.394. The van der Waals surface area contributed by atoms with Crippen LogP contribution in [-0.2, 0) is 5.75 Å². The van der Waals surface area contributed by atoms with Crippen LogP contribution in [0.4, 0.5) is 11.4 Å². The van der Waals surface area contributed by atoms with Crippen LogP contribution in [0.3, 0.4) is 0 Å². The van der Waals surface area contributed by atoms with Crippen molar-refractivity contribution in [3.05, 3.63) is 51.8 Å². The molecule has 0 aliphatic rings. The lowest BCUT2D eigenvalue weighted by Crippen LogP contribution is -1.97. The maximum atomic E-state index is 10.8. The predicted octanol–water partition coefficient (Wildman–Crippen LogP) is 3.03. The summed E-state index contributed by atoms with van der Waals surface area (Å²) in [7, 11) is 1.67. The Kier molecular flexibility index (Phi) is 4.52. The van der Waals surface area contributed by atoms with Gasteiger partial charge in [-0.15, -0.1) is 0 Å². The fourth-order valence-corrected chi connectivity index (χ4v) is 2.50. The Balaban J connectivity index is 2.12. The summed E-state index contributed by atoms with van der Waals surface area (Å²) in [5.41, 5.74) is 2.49. The van der Waals surface area contributed by atoms with E-state index in [9.17, 15) is 10.1 Å². The van der Waals surface area contributed by atoms with E-state index in [1.54, 1.807) is 25.4 Å². The second-order valence-electron chi connectivity index (χ2n) is 4.13. The van der Waals surface area contributed by atoms with Gasteiger partial charge in [0.05, 0.1) is 4.92 Å². The molecule has 1 heterocycles. The Labute approximate surface area is 120 Å². The zero-order chi connectivity index (χ0) is 14.5. The molecular weight excluding hydrogens is 276 g/mol. The summed E-state index contributed by atoms with van der Waals surface area (Å²) in [6.07, 6.45) is 1.72. The maximum Gasteiger partial charge on any atom is 0.292 e. The molecule has 20 heavy (non-hydrogen) atoms. The van der Waals surface area contributed by atoms with Crippen molar-refractivity contribution in [1.82, 2.24) is 9.97 Å². The largest absolute Gasteiger partial charge is 0.383 e. The van der Waals surface area contributed by atoms with Gasteiger partial charge in [0.1, 0.15) is 5.69 Å². The predicted molar refractivity (Wildman–Crippen MR) is 79.0 cm³/mol. The monoisotopic (exact) mass is 290 g/mol. The number of nitrogens with zero attached hydrogens (tertiary/aromatic N) is 3. The van der Waals surface area contributed by atoms with Crippen molar-refractivity contribution in [2.75, 3.05) is 12.4 Å². The number of nitro benzene ring substituents is 1. The molecule has 2 rings (SSSR count). The summed E-state index contributed by atoms with van der Waals surface area (Å²) in [5, 5.41) is 14.4. The van der Waals surface area contributed by atoms with Crippen molar-refractivity contribution >= 4 is 23.1 Å². The summed E-state index contributed by atoms with van der Waals surface area (Å²) >= 11 is 1.50. The summed E-state index contributed by atoms with van der Waals surface area (Å²) < 4.78 is 0. The highest BCUT2D eigenvalue weighted by atomic mass is 32.2. The summed E-state index contributed by atoms with van der Waals surface area (Å²) in [4.78, 5) is 18.9. The SMILES string of the molecule is CNc1cc(CSc2nccc(C)n2)ccc1[N+](=O)[O-]. The number of benzene rings is 1. The molecule has 0 fully saturated rings. The third kappa shape index (κ3) is 3.45. The van der Waals surface area contributed by atoms with Gasteiger partial charge in [0.15, 0.2) is 5.16 Å². The lowest BCUT2D eigenvalue weighted by atomic mass is 10.2. The van der Waals surface area contributed by atoms with E-state index in [0.717, 1.165) is 11.3 Å². The number of anilines is 1. The molecule has 2 aromatic rings. The molecular formula is C13H14N4O2S. The number of nitro groups is 1. The summed E-state index contributed by atoms with van der Waals surface area (Å²) in [6.45, 7) is 1.91. The van der Waals surface area contributed by atoms with Crippen LogP contribution in [0.25, 0.3) is 0 Å². The number of rotatable bonds is 5. The Bertz CT molecular complexity index is 634. The van der Waals surface area contributed by atoms with Crippen molar-refractivity contribution in [2.24, 2.45) is 0 Å². The number of hydrogen-bond donors (Lipinski definition) is 1. The topological polar surface area (TPSA) is 81.0 Å². The first-order valence-corrected chi connectivity index (χ1v) is 6.96. The van der Waals surface area contributed by atoms with Crippen LogP contribution in [0.5, 0.6) is 0 Å². The first-order valence-electron chi connectivity index (χ1n) is 5.97. The van der Waals surface area contributed by atoms with Crippen LogP contribution < -0.4 is 5.32 Å². The number of thioether (sulfide) groups is 1. The Hall–Kier alpha value is -2.15. The molecule has 0 saturated carbocycles. The molecule has 0 unspecified atom stereocenters. The third-order valence-corrected chi connectivity index (χ3v) is 3.60. The molecule has 0 spiro atoms.